The second-order valence-electron chi connectivity index (χ2n) is 1.58. The molecule has 0 saturated carbocycles. The summed E-state index contributed by atoms with van der Waals surface area (Å²) in [6.45, 7) is 3.85. The molecule has 44 valence electrons. The van der Waals surface area contributed by atoms with Gasteiger partial charge in [0.05, 0.1) is 0 Å². The fourth-order valence-corrected chi connectivity index (χ4v) is 0.296. The van der Waals surface area contributed by atoms with Crippen molar-refractivity contribution in [3.05, 3.63) is 23.8 Å². The summed E-state index contributed by atoms with van der Waals surface area (Å²) in [5.74, 6) is 0. The molecular weight excluding hydrogens is 98.1 g/mol. The molecule has 0 aliphatic heterocycles. The number of rotatable bonds is 2. The summed E-state index contributed by atoms with van der Waals surface area (Å²) in [7, 11) is 0. The average molecular weight is 109 g/mol. The minimum atomic E-state index is 0.975. The molecule has 0 atom stereocenters. The van der Waals surface area contributed by atoms with E-state index in [0.29, 0.717) is 0 Å². The number of nitrogens with one attached hydrogen (secondary N) is 1. The molecule has 0 aliphatic rings. The molecular formula is C7H11N. The zero-order valence-electron chi connectivity index (χ0n) is 5.31. The highest BCUT2D eigenvalue weighted by molar-refractivity contribution is 5.75. The van der Waals surface area contributed by atoms with Crippen LogP contribution in [0.1, 0.15) is 13.8 Å². The van der Waals surface area contributed by atoms with E-state index in [1.165, 1.54) is 6.21 Å². The van der Waals surface area contributed by atoms with E-state index in [2.05, 4.69) is 0 Å². The van der Waals surface area contributed by atoms with Crippen LogP contribution in [0.5, 0.6) is 0 Å². The molecule has 0 rings (SSSR count). The van der Waals surface area contributed by atoms with Gasteiger partial charge in [0.15, 0.2) is 0 Å². The Morgan fingerprint density at radius 3 is 2.50 bits per heavy atom. The van der Waals surface area contributed by atoms with Crippen molar-refractivity contribution in [2.45, 2.75) is 13.8 Å². The molecule has 0 aliphatic carbocycles. The second kappa shape index (κ2) is 4.31. The second-order valence-corrected chi connectivity index (χ2v) is 1.58. The van der Waals surface area contributed by atoms with Crippen LogP contribution in [-0.4, -0.2) is 6.21 Å². The van der Waals surface area contributed by atoms with Crippen LogP contribution in [0.2, 0.25) is 0 Å². The lowest BCUT2D eigenvalue weighted by Gasteiger charge is -1.80. The van der Waals surface area contributed by atoms with Crippen molar-refractivity contribution in [2.75, 3.05) is 0 Å². The molecule has 0 aromatic heterocycles. The Balaban J connectivity index is 3.74. The van der Waals surface area contributed by atoms with Crippen LogP contribution in [0.25, 0.3) is 0 Å². The third-order valence-corrected chi connectivity index (χ3v) is 0.779. The van der Waals surface area contributed by atoms with E-state index in [4.69, 9.17) is 5.41 Å². The first-order valence-corrected chi connectivity index (χ1v) is 2.61. The summed E-state index contributed by atoms with van der Waals surface area (Å²) >= 11 is 0. The van der Waals surface area contributed by atoms with Crippen LogP contribution in [-0.2, 0) is 0 Å². The van der Waals surface area contributed by atoms with Crippen LogP contribution in [0, 0.1) is 5.41 Å². The summed E-state index contributed by atoms with van der Waals surface area (Å²) < 4.78 is 0. The van der Waals surface area contributed by atoms with E-state index in [0.717, 1.165) is 5.57 Å². The van der Waals surface area contributed by atoms with Gasteiger partial charge in [-0.2, -0.15) is 0 Å². The van der Waals surface area contributed by atoms with Gasteiger partial charge in [-0.3, -0.25) is 0 Å². The standard InChI is InChI=1S/C7H11N/c1-3-4-5-7(2)6-8/h3-6,8H,1-2H3. The molecule has 0 bridgehead atoms. The highest BCUT2D eigenvalue weighted by Gasteiger charge is 1.71. The molecule has 0 spiro atoms. The molecule has 1 heteroatoms. The first kappa shape index (κ1) is 7.15. The normalized spacial score (nSPS) is 12.5. The lowest BCUT2D eigenvalue weighted by molar-refractivity contribution is 1.50. The van der Waals surface area contributed by atoms with E-state index in [1.54, 1.807) is 0 Å². The summed E-state index contributed by atoms with van der Waals surface area (Å²) in [4.78, 5) is 0. The number of hydrogen-bond donors (Lipinski definition) is 1. The molecule has 0 heterocycles. The van der Waals surface area contributed by atoms with Gasteiger partial charge in [0.2, 0.25) is 0 Å². The fourth-order valence-electron chi connectivity index (χ4n) is 0.296. The van der Waals surface area contributed by atoms with Gasteiger partial charge in [-0.05, 0) is 19.4 Å². The van der Waals surface area contributed by atoms with Crippen molar-refractivity contribution in [3.63, 3.8) is 0 Å². The van der Waals surface area contributed by atoms with Crippen LogP contribution in [0.4, 0.5) is 0 Å². The molecule has 1 nitrogen and oxygen atoms in total. The van der Waals surface area contributed by atoms with E-state index >= 15 is 0 Å². The van der Waals surface area contributed by atoms with Crippen molar-refractivity contribution in [1.29, 1.82) is 5.41 Å². The lowest BCUT2D eigenvalue weighted by atomic mass is 10.3. The largest absolute Gasteiger partial charge is 0.308 e. The van der Waals surface area contributed by atoms with Crippen molar-refractivity contribution < 1.29 is 0 Å². The van der Waals surface area contributed by atoms with E-state index in [1.807, 2.05) is 32.1 Å². The minimum Gasteiger partial charge on any atom is -0.308 e. The molecule has 0 amide bonds. The van der Waals surface area contributed by atoms with E-state index < -0.39 is 0 Å². The Morgan fingerprint density at radius 2 is 2.12 bits per heavy atom. The van der Waals surface area contributed by atoms with Crippen LogP contribution < -0.4 is 0 Å². The van der Waals surface area contributed by atoms with Crippen molar-refractivity contribution in [1.82, 2.24) is 0 Å². The van der Waals surface area contributed by atoms with Gasteiger partial charge in [0.1, 0.15) is 0 Å². The molecule has 0 radical (unpaired) electrons. The van der Waals surface area contributed by atoms with Crippen molar-refractivity contribution in [3.8, 4) is 0 Å². The first-order chi connectivity index (χ1) is 3.81. The molecule has 0 saturated heterocycles. The van der Waals surface area contributed by atoms with Gasteiger partial charge in [0, 0.05) is 6.21 Å². The predicted octanol–water partition coefficient (Wildman–Crippen LogP) is 2.16. The van der Waals surface area contributed by atoms with Gasteiger partial charge >= 0.3 is 0 Å². The highest BCUT2D eigenvalue weighted by Crippen LogP contribution is 1.85. The minimum absolute atomic E-state index is 0.975. The number of allylic oxidation sites excluding steroid dienone is 4. The van der Waals surface area contributed by atoms with Crippen molar-refractivity contribution in [2.24, 2.45) is 0 Å². The molecule has 0 unspecified atom stereocenters. The lowest BCUT2D eigenvalue weighted by Crippen LogP contribution is -1.69. The monoisotopic (exact) mass is 109 g/mol. The third kappa shape index (κ3) is 3.34. The summed E-state index contributed by atoms with van der Waals surface area (Å²) in [6.07, 6.45) is 7.08. The maximum Gasteiger partial charge on any atom is 0.0207 e. The SMILES string of the molecule is CC=CC=C(C)C=N. The van der Waals surface area contributed by atoms with Crippen LogP contribution >= 0.6 is 0 Å². The van der Waals surface area contributed by atoms with Gasteiger partial charge in [-0.15, -0.1) is 0 Å². The smallest absolute Gasteiger partial charge is 0.0207 e. The van der Waals surface area contributed by atoms with Gasteiger partial charge in [0.25, 0.3) is 0 Å². The summed E-state index contributed by atoms with van der Waals surface area (Å²) in [6, 6.07) is 0. The topological polar surface area (TPSA) is 23.9 Å². The maximum atomic E-state index is 6.76. The zero-order chi connectivity index (χ0) is 6.41. The quantitative estimate of drug-likeness (QED) is 0.415. The summed E-state index contributed by atoms with van der Waals surface area (Å²) in [5.41, 5.74) is 0.975. The van der Waals surface area contributed by atoms with Gasteiger partial charge < -0.3 is 5.41 Å². The molecule has 8 heavy (non-hydrogen) atoms. The van der Waals surface area contributed by atoms with E-state index in [-0.39, 0.29) is 0 Å². The number of hydrogen-bond acceptors (Lipinski definition) is 1. The predicted molar refractivity (Wildman–Crippen MR) is 37.4 cm³/mol. The summed E-state index contributed by atoms with van der Waals surface area (Å²) in [5, 5.41) is 6.76. The Kier molecular flexibility index (Phi) is 3.85. The van der Waals surface area contributed by atoms with Gasteiger partial charge in [-0.1, -0.05) is 18.2 Å². The Labute approximate surface area is 50.2 Å². The Bertz CT molecular complexity index is 120. The first-order valence-electron chi connectivity index (χ1n) is 2.61. The van der Waals surface area contributed by atoms with Crippen molar-refractivity contribution >= 4 is 6.21 Å². The van der Waals surface area contributed by atoms with Crippen LogP contribution in [0.3, 0.4) is 0 Å². The Morgan fingerprint density at radius 1 is 1.50 bits per heavy atom. The fraction of sp³-hybridized carbons (Fsp3) is 0.286. The van der Waals surface area contributed by atoms with Gasteiger partial charge in [-0.25, -0.2) is 0 Å². The third-order valence-electron chi connectivity index (χ3n) is 0.779. The molecule has 0 aromatic rings. The molecule has 0 aromatic carbocycles. The zero-order valence-corrected chi connectivity index (χ0v) is 5.31. The van der Waals surface area contributed by atoms with Crippen LogP contribution in [0.15, 0.2) is 23.8 Å². The molecule has 0 fully saturated rings. The molecule has 1 N–H and O–H groups in total. The Hall–Kier alpha value is -0.850. The van der Waals surface area contributed by atoms with E-state index in [9.17, 15) is 0 Å². The maximum absolute atomic E-state index is 6.76. The highest BCUT2D eigenvalue weighted by atomic mass is 14.3. The average Bonchev–Trinajstić information content (AvgIpc) is 1.83.